The molecule has 0 aliphatic heterocycles. The molecule has 250 valence electrons. The zero-order chi connectivity index (χ0) is 35.9. The van der Waals surface area contributed by atoms with Crippen LogP contribution in [0.3, 0.4) is 0 Å². The van der Waals surface area contributed by atoms with Gasteiger partial charge in [0.25, 0.3) is 0 Å². The Balaban J connectivity index is 1.22. The highest BCUT2D eigenvalue weighted by molar-refractivity contribution is 5.87. The fraction of sp³-hybridized carbons (Fsp3) is 0.0612. The number of rotatable bonds is 6. The highest BCUT2D eigenvalue weighted by Crippen LogP contribution is 2.50. The van der Waals surface area contributed by atoms with Gasteiger partial charge in [0.15, 0.2) is 5.82 Å². The SMILES string of the molecule is CC1(C)c2cc(C#N)ccc2-c2ccc(-c3cc(-c4ccc(-c5ccccn5)cc4)cc(-c4cc(-c5ccccc5)nc(-c5ccccc5)n4)c3)cc21. The molecule has 9 rings (SSSR count). The predicted octanol–water partition coefficient (Wildman–Crippen LogP) is 12.1. The molecule has 0 saturated heterocycles. The van der Waals surface area contributed by atoms with E-state index in [0.29, 0.717) is 11.4 Å². The summed E-state index contributed by atoms with van der Waals surface area (Å²) >= 11 is 0. The summed E-state index contributed by atoms with van der Waals surface area (Å²) in [4.78, 5) is 14.8. The van der Waals surface area contributed by atoms with Crippen LogP contribution in [0.25, 0.3) is 78.5 Å². The number of aromatic nitrogens is 3. The lowest BCUT2D eigenvalue weighted by atomic mass is 9.81. The van der Waals surface area contributed by atoms with Crippen LogP contribution in [0, 0.1) is 11.3 Å². The van der Waals surface area contributed by atoms with Gasteiger partial charge >= 0.3 is 0 Å². The van der Waals surface area contributed by atoms with E-state index >= 15 is 0 Å². The van der Waals surface area contributed by atoms with E-state index in [1.807, 2.05) is 72.9 Å². The molecule has 53 heavy (non-hydrogen) atoms. The molecular formula is C49H34N4. The third-order valence-electron chi connectivity index (χ3n) is 10.4. The molecule has 6 aromatic carbocycles. The van der Waals surface area contributed by atoms with Crippen molar-refractivity contribution in [1.29, 1.82) is 5.26 Å². The Bertz CT molecular complexity index is 2620. The topological polar surface area (TPSA) is 62.5 Å². The Morgan fingerprint density at radius 2 is 0.981 bits per heavy atom. The molecule has 0 N–H and O–H groups in total. The van der Waals surface area contributed by atoms with Crippen molar-refractivity contribution in [3.63, 3.8) is 0 Å². The van der Waals surface area contributed by atoms with Crippen molar-refractivity contribution >= 4 is 0 Å². The Morgan fingerprint density at radius 3 is 1.66 bits per heavy atom. The minimum atomic E-state index is -0.253. The first-order chi connectivity index (χ1) is 25.9. The van der Waals surface area contributed by atoms with Crippen LogP contribution < -0.4 is 0 Å². The summed E-state index contributed by atoms with van der Waals surface area (Å²) < 4.78 is 0. The molecule has 0 spiro atoms. The van der Waals surface area contributed by atoms with Gasteiger partial charge < -0.3 is 0 Å². The summed E-state index contributed by atoms with van der Waals surface area (Å²) in [6.45, 7) is 4.51. The van der Waals surface area contributed by atoms with Gasteiger partial charge in [-0.1, -0.05) is 123 Å². The number of nitrogens with zero attached hydrogens (tertiary/aromatic N) is 4. The predicted molar refractivity (Wildman–Crippen MR) is 215 cm³/mol. The molecule has 0 saturated carbocycles. The van der Waals surface area contributed by atoms with Gasteiger partial charge in [-0.2, -0.15) is 5.26 Å². The maximum Gasteiger partial charge on any atom is 0.160 e. The molecule has 4 nitrogen and oxygen atoms in total. The summed E-state index contributed by atoms with van der Waals surface area (Å²) in [5.74, 6) is 0.683. The van der Waals surface area contributed by atoms with Crippen LogP contribution in [0.15, 0.2) is 170 Å². The molecule has 0 amide bonds. The van der Waals surface area contributed by atoms with Crippen molar-refractivity contribution in [2.45, 2.75) is 19.3 Å². The van der Waals surface area contributed by atoms with Crippen LogP contribution in [0.4, 0.5) is 0 Å². The molecule has 8 aromatic rings. The summed E-state index contributed by atoms with van der Waals surface area (Å²) in [7, 11) is 0. The fourth-order valence-electron chi connectivity index (χ4n) is 7.53. The van der Waals surface area contributed by atoms with Gasteiger partial charge in [0.05, 0.1) is 28.7 Å². The van der Waals surface area contributed by atoms with E-state index in [1.54, 1.807) is 0 Å². The number of benzene rings is 6. The molecule has 1 aliphatic rings. The largest absolute Gasteiger partial charge is 0.256 e. The monoisotopic (exact) mass is 678 g/mol. The summed E-state index contributed by atoms with van der Waals surface area (Å²) in [5, 5.41) is 9.66. The Morgan fingerprint density at radius 1 is 0.434 bits per heavy atom. The minimum absolute atomic E-state index is 0.253. The molecule has 4 heteroatoms. The zero-order valence-corrected chi connectivity index (χ0v) is 29.5. The second-order valence-electron chi connectivity index (χ2n) is 14.0. The smallest absolute Gasteiger partial charge is 0.160 e. The van der Waals surface area contributed by atoms with Crippen LogP contribution >= 0.6 is 0 Å². The average Bonchev–Trinajstić information content (AvgIpc) is 3.46. The van der Waals surface area contributed by atoms with Crippen LogP contribution in [0.2, 0.25) is 0 Å². The van der Waals surface area contributed by atoms with Crippen LogP contribution in [-0.2, 0) is 5.41 Å². The van der Waals surface area contributed by atoms with Crippen LogP contribution in [-0.4, -0.2) is 15.0 Å². The van der Waals surface area contributed by atoms with Crippen molar-refractivity contribution in [3.05, 3.63) is 187 Å². The quantitative estimate of drug-likeness (QED) is 0.176. The summed E-state index contributed by atoms with van der Waals surface area (Å²) in [6.07, 6.45) is 1.83. The van der Waals surface area contributed by atoms with E-state index in [1.165, 1.54) is 22.3 Å². The number of hydrogen-bond acceptors (Lipinski definition) is 4. The fourth-order valence-corrected chi connectivity index (χ4v) is 7.53. The first kappa shape index (κ1) is 32.0. The lowest BCUT2D eigenvalue weighted by molar-refractivity contribution is 0.660. The molecule has 0 bridgehead atoms. The second-order valence-corrected chi connectivity index (χ2v) is 14.0. The third kappa shape index (κ3) is 5.89. The molecule has 2 aromatic heterocycles. The van der Waals surface area contributed by atoms with Crippen molar-refractivity contribution in [2.24, 2.45) is 0 Å². The van der Waals surface area contributed by atoms with Crippen LogP contribution in [0.1, 0.15) is 30.5 Å². The Hall–Kier alpha value is -6.96. The number of pyridine rings is 1. The van der Waals surface area contributed by atoms with Crippen molar-refractivity contribution < 1.29 is 0 Å². The molecule has 2 heterocycles. The summed E-state index contributed by atoms with van der Waals surface area (Å²) in [5.41, 5.74) is 16.4. The molecule has 0 radical (unpaired) electrons. The van der Waals surface area contributed by atoms with Crippen molar-refractivity contribution in [3.8, 4) is 84.6 Å². The van der Waals surface area contributed by atoms with E-state index in [-0.39, 0.29) is 5.41 Å². The molecule has 0 fully saturated rings. The normalized spacial score (nSPS) is 12.5. The standard InChI is InChI=1S/C49H34N4/c1-49(2)43-25-32(31-50)16-22-41(43)42-23-21-37(29-44(42)49)39-26-38(33-17-19-35(20-18-33)45-15-9-10-24-51-45)27-40(28-39)47-30-46(34-11-5-3-6-12-34)52-48(53-47)36-13-7-4-8-14-36/h3-30H,1-2H3. The number of nitriles is 1. The van der Waals surface area contributed by atoms with E-state index in [9.17, 15) is 5.26 Å². The lowest BCUT2D eigenvalue weighted by Gasteiger charge is -2.22. The van der Waals surface area contributed by atoms with Gasteiger partial charge in [-0.25, -0.2) is 9.97 Å². The number of fused-ring (bicyclic) bond motifs is 3. The Kier molecular flexibility index (Phi) is 7.83. The van der Waals surface area contributed by atoms with Crippen LogP contribution in [0.5, 0.6) is 0 Å². The third-order valence-corrected chi connectivity index (χ3v) is 10.4. The highest BCUT2D eigenvalue weighted by atomic mass is 14.9. The van der Waals surface area contributed by atoms with E-state index in [2.05, 4.69) is 122 Å². The first-order valence-corrected chi connectivity index (χ1v) is 17.8. The number of hydrogen-bond donors (Lipinski definition) is 0. The molecule has 0 atom stereocenters. The van der Waals surface area contributed by atoms with Gasteiger partial charge in [-0.3, -0.25) is 4.98 Å². The van der Waals surface area contributed by atoms with Gasteiger partial charge in [0.2, 0.25) is 0 Å². The zero-order valence-electron chi connectivity index (χ0n) is 29.5. The van der Waals surface area contributed by atoms with Gasteiger partial charge in [0.1, 0.15) is 0 Å². The van der Waals surface area contributed by atoms with Crippen molar-refractivity contribution in [1.82, 2.24) is 15.0 Å². The average molecular weight is 679 g/mol. The second kappa shape index (κ2) is 13.0. The van der Waals surface area contributed by atoms with Gasteiger partial charge in [0, 0.05) is 33.9 Å². The Labute approximate surface area is 309 Å². The molecule has 1 aliphatic carbocycles. The van der Waals surface area contributed by atoms with Crippen molar-refractivity contribution in [2.75, 3.05) is 0 Å². The first-order valence-electron chi connectivity index (χ1n) is 17.8. The maximum atomic E-state index is 9.66. The van der Waals surface area contributed by atoms with E-state index in [4.69, 9.17) is 9.97 Å². The molecule has 0 unspecified atom stereocenters. The maximum absolute atomic E-state index is 9.66. The van der Waals surface area contributed by atoms with Gasteiger partial charge in [-0.15, -0.1) is 0 Å². The highest BCUT2D eigenvalue weighted by Gasteiger charge is 2.36. The lowest BCUT2D eigenvalue weighted by Crippen LogP contribution is -2.15. The van der Waals surface area contributed by atoms with Gasteiger partial charge in [-0.05, 0) is 99.1 Å². The summed E-state index contributed by atoms with van der Waals surface area (Å²) in [6, 6.07) is 59.1. The molecular weight excluding hydrogens is 645 g/mol. The van der Waals surface area contributed by atoms with E-state index in [0.717, 1.165) is 61.6 Å². The van der Waals surface area contributed by atoms with E-state index < -0.39 is 0 Å². The minimum Gasteiger partial charge on any atom is -0.256 e.